The van der Waals surface area contributed by atoms with E-state index in [0.29, 0.717) is 12.4 Å². The monoisotopic (exact) mass is 197 g/mol. The Bertz CT molecular complexity index is 173. The van der Waals surface area contributed by atoms with Crippen molar-refractivity contribution in [2.75, 3.05) is 19.8 Å². The SMILES string of the molecule is O=C(C1CCCOC1)C1CCCCN1. The molecule has 0 saturated carbocycles. The van der Waals surface area contributed by atoms with Crippen LogP contribution in [-0.4, -0.2) is 31.6 Å². The van der Waals surface area contributed by atoms with Crippen molar-refractivity contribution < 1.29 is 9.53 Å². The summed E-state index contributed by atoms with van der Waals surface area (Å²) in [7, 11) is 0. The van der Waals surface area contributed by atoms with Gasteiger partial charge in [0.05, 0.1) is 12.6 Å². The molecule has 3 nitrogen and oxygen atoms in total. The van der Waals surface area contributed by atoms with Crippen LogP contribution < -0.4 is 5.32 Å². The van der Waals surface area contributed by atoms with Crippen LogP contribution >= 0.6 is 0 Å². The predicted molar refractivity (Wildman–Crippen MR) is 54.2 cm³/mol. The van der Waals surface area contributed by atoms with Gasteiger partial charge in [-0.05, 0) is 32.2 Å². The Morgan fingerprint density at radius 3 is 2.79 bits per heavy atom. The van der Waals surface area contributed by atoms with Crippen LogP contribution in [-0.2, 0) is 9.53 Å². The molecule has 1 N–H and O–H groups in total. The highest BCUT2D eigenvalue weighted by Gasteiger charge is 2.29. The van der Waals surface area contributed by atoms with E-state index in [1.807, 2.05) is 0 Å². The summed E-state index contributed by atoms with van der Waals surface area (Å²) in [6.45, 7) is 2.49. The normalized spacial score (nSPS) is 34.0. The number of ketones is 1. The molecule has 80 valence electrons. The Hall–Kier alpha value is -0.410. The van der Waals surface area contributed by atoms with Crippen molar-refractivity contribution in [1.29, 1.82) is 0 Å². The summed E-state index contributed by atoms with van der Waals surface area (Å²) in [6.07, 6.45) is 5.50. The molecule has 2 aliphatic heterocycles. The first kappa shape index (κ1) is 10.1. The van der Waals surface area contributed by atoms with Gasteiger partial charge < -0.3 is 10.1 Å². The third-order valence-corrected chi connectivity index (χ3v) is 3.22. The quantitative estimate of drug-likeness (QED) is 0.721. The lowest BCUT2D eigenvalue weighted by molar-refractivity contribution is -0.129. The second-order valence-electron chi connectivity index (χ2n) is 4.32. The van der Waals surface area contributed by atoms with Crippen LogP contribution in [0.15, 0.2) is 0 Å². The number of hydrogen-bond donors (Lipinski definition) is 1. The zero-order valence-corrected chi connectivity index (χ0v) is 8.63. The molecule has 0 aromatic heterocycles. The standard InChI is InChI=1S/C11H19NO2/c13-11(9-4-3-7-14-8-9)10-5-1-2-6-12-10/h9-10,12H,1-8H2. The molecule has 2 unspecified atom stereocenters. The van der Waals surface area contributed by atoms with Crippen LogP contribution in [0.1, 0.15) is 32.1 Å². The molecule has 0 aromatic rings. The van der Waals surface area contributed by atoms with Crippen LogP contribution in [0, 0.1) is 5.92 Å². The Kier molecular flexibility index (Phi) is 3.54. The molecule has 3 heteroatoms. The third kappa shape index (κ3) is 2.34. The fraction of sp³-hybridized carbons (Fsp3) is 0.909. The van der Waals surface area contributed by atoms with Crippen LogP contribution in [0.5, 0.6) is 0 Å². The Balaban J connectivity index is 1.85. The van der Waals surface area contributed by atoms with Crippen LogP contribution in [0.4, 0.5) is 0 Å². The number of ether oxygens (including phenoxy) is 1. The van der Waals surface area contributed by atoms with Crippen molar-refractivity contribution in [3.63, 3.8) is 0 Å². The zero-order chi connectivity index (χ0) is 9.80. The average Bonchev–Trinajstić information content (AvgIpc) is 2.30. The van der Waals surface area contributed by atoms with Crippen molar-refractivity contribution in [3.8, 4) is 0 Å². The highest BCUT2D eigenvalue weighted by Crippen LogP contribution is 2.19. The van der Waals surface area contributed by atoms with Crippen molar-refractivity contribution >= 4 is 5.78 Å². The lowest BCUT2D eigenvalue weighted by atomic mass is 9.89. The molecule has 14 heavy (non-hydrogen) atoms. The number of carbonyl (C=O) groups excluding carboxylic acids is 1. The first-order chi connectivity index (χ1) is 6.88. The van der Waals surface area contributed by atoms with Gasteiger partial charge in [0.15, 0.2) is 5.78 Å². The van der Waals surface area contributed by atoms with Crippen LogP contribution in [0.2, 0.25) is 0 Å². The fourth-order valence-corrected chi connectivity index (χ4v) is 2.34. The summed E-state index contributed by atoms with van der Waals surface area (Å²) in [5, 5.41) is 3.31. The Morgan fingerprint density at radius 2 is 2.14 bits per heavy atom. The summed E-state index contributed by atoms with van der Waals surface area (Å²) in [5.74, 6) is 0.559. The van der Waals surface area contributed by atoms with E-state index in [0.717, 1.165) is 32.4 Å². The molecule has 0 bridgehead atoms. The molecule has 2 heterocycles. The first-order valence-electron chi connectivity index (χ1n) is 5.73. The van der Waals surface area contributed by atoms with E-state index < -0.39 is 0 Å². The largest absolute Gasteiger partial charge is 0.381 e. The molecule has 2 aliphatic rings. The zero-order valence-electron chi connectivity index (χ0n) is 8.63. The van der Waals surface area contributed by atoms with Crippen molar-refractivity contribution in [2.24, 2.45) is 5.92 Å². The van der Waals surface area contributed by atoms with E-state index in [2.05, 4.69) is 5.32 Å². The number of rotatable bonds is 2. The van der Waals surface area contributed by atoms with Gasteiger partial charge in [0, 0.05) is 12.5 Å². The lowest BCUT2D eigenvalue weighted by Gasteiger charge is -2.28. The Morgan fingerprint density at radius 1 is 1.21 bits per heavy atom. The molecule has 2 saturated heterocycles. The number of nitrogens with one attached hydrogen (secondary N) is 1. The van der Waals surface area contributed by atoms with E-state index in [4.69, 9.17) is 4.74 Å². The van der Waals surface area contributed by atoms with Crippen molar-refractivity contribution in [2.45, 2.75) is 38.1 Å². The van der Waals surface area contributed by atoms with Crippen LogP contribution in [0.25, 0.3) is 0 Å². The molecule has 0 spiro atoms. The molecule has 0 aliphatic carbocycles. The van der Waals surface area contributed by atoms with Gasteiger partial charge in [-0.2, -0.15) is 0 Å². The summed E-state index contributed by atoms with van der Waals surface area (Å²) in [4.78, 5) is 12.0. The fourth-order valence-electron chi connectivity index (χ4n) is 2.34. The molecule has 0 amide bonds. The first-order valence-corrected chi connectivity index (χ1v) is 5.73. The van der Waals surface area contributed by atoms with Gasteiger partial charge in [0.25, 0.3) is 0 Å². The van der Waals surface area contributed by atoms with Crippen molar-refractivity contribution in [3.05, 3.63) is 0 Å². The second-order valence-corrected chi connectivity index (χ2v) is 4.32. The molecular weight excluding hydrogens is 178 g/mol. The number of Topliss-reactive ketones (excluding diaryl/α,β-unsaturated/α-hetero) is 1. The lowest BCUT2D eigenvalue weighted by Crippen LogP contribution is -2.45. The molecule has 2 rings (SSSR count). The summed E-state index contributed by atoms with van der Waals surface area (Å²) < 4.78 is 5.35. The second kappa shape index (κ2) is 4.89. The summed E-state index contributed by atoms with van der Waals surface area (Å²) >= 11 is 0. The van der Waals surface area contributed by atoms with E-state index in [-0.39, 0.29) is 12.0 Å². The topological polar surface area (TPSA) is 38.3 Å². The van der Waals surface area contributed by atoms with Gasteiger partial charge in [0.2, 0.25) is 0 Å². The smallest absolute Gasteiger partial charge is 0.155 e. The van der Waals surface area contributed by atoms with E-state index >= 15 is 0 Å². The minimum Gasteiger partial charge on any atom is -0.381 e. The molecule has 2 atom stereocenters. The summed E-state index contributed by atoms with van der Waals surface area (Å²) in [6, 6.07) is 0.121. The highest BCUT2D eigenvalue weighted by atomic mass is 16.5. The van der Waals surface area contributed by atoms with Gasteiger partial charge in [-0.25, -0.2) is 0 Å². The Labute approximate surface area is 85.2 Å². The number of piperidine rings is 1. The maximum atomic E-state index is 12.0. The molecule has 2 fully saturated rings. The highest BCUT2D eigenvalue weighted by molar-refractivity contribution is 5.86. The molecular formula is C11H19NO2. The predicted octanol–water partition coefficient (Wildman–Crippen LogP) is 1.12. The van der Waals surface area contributed by atoms with Crippen molar-refractivity contribution in [1.82, 2.24) is 5.32 Å². The minimum atomic E-state index is 0.121. The maximum absolute atomic E-state index is 12.0. The maximum Gasteiger partial charge on any atom is 0.155 e. The number of hydrogen-bond acceptors (Lipinski definition) is 3. The molecule has 0 aromatic carbocycles. The van der Waals surface area contributed by atoms with E-state index in [1.165, 1.54) is 12.8 Å². The third-order valence-electron chi connectivity index (χ3n) is 3.22. The van der Waals surface area contributed by atoms with Gasteiger partial charge in [-0.3, -0.25) is 4.79 Å². The van der Waals surface area contributed by atoms with E-state index in [9.17, 15) is 4.79 Å². The van der Waals surface area contributed by atoms with E-state index in [1.54, 1.807) is 0 Å². The van der Waals surface area contributed by atoms with Crippen LogP contribution in [0.3, 0.4) is 0 Å². The average molecular weight is 197 g/mol. The van der Waals surface area contributed by atoms with Gasteiger partial charge >= 0.3 is 0 Å². The summed E-state index contributed by atoms with van der Waals surface area (Å²) in [5.41, 5.74) is 0. The van der Waals surface area contributed by atoms with Gasteiger partial charge in [-0.15, -0.1) is 0 Å². The van der Waals surface area contributed by atoms with Gasteiger partial charge in [0.1, 0.15) is 0 Å². The van der Waals surface area contributed by atoms with Gasteiger partial charge in [-0.1, -0.05) is 6.42 Å². The number of carbonyl (C=O) groups is 1. The minimum absolute atomic E-state index is 0.121. The molecule has 0 radical (unpaired) electrons.